The van der Waals surface area contributed by atoms with Crippen molar-refractivity contribution in [3.8, 4) is 0 Å². The maximum absolute atomic E-state index is 12.3. The molecule has 1 rings (SSSR count). The number of hydrogen-bond donors (Lipinski definition) is 1. The van der Waals surface area contributed by atoms with Gasteiger partial charge in [0.2, 0.25) is 0 Å². The van der Waals surface area contributed by atoms with Crippen LogP contribution in [0.5, 0.6) is 0 Å². The van der Waals surface area contributed by atoms with Gasteiger partial charge in [-0.1, -0.05) is 0 Å². The van der Waals surface area contributed by atoms with E-state index in [0.29, 0.717) is 11.6 Å². The van der Waals surface area contributed by atoms with E-state index in [2.05, 4.69) is 9.97 Å². The molecule has 0 saturated heterocycles. The van der Waals surface area contributed by atoms with Gasteiger partial charge in [0.1, 0.15) is 23.6 Å². The van der Waals surface area contributed by atoms with Gasteiger partial charge in [-0.3, -0.25) is 4.90 Å². The Bertz CT molecular complexity index is 460. The predicted molar refractivity (Wildman–Crippen MR) is 74.9 cm³/mol. The van der Waals surface area contributed by atoms with Gasteiger partial charge in [-0.25, -0.2) is 14.8 Å². The first-order chi connectivity index (χ1) is 8.50. The molecule has 6 nitrogen and oxygen atoms in total. The Morgan fingerprint density at radius 3 is 2.21 bits per heavy atom. The summed E-state index contributed by atoms with van der Waals surface area (Å²) in [6.07, 6.45) is 0.867. The fraction of sp³-hybridized carbons (Fsp3) is 0.615. The lowest BCUT2D eigenvalue weighted by molar-refractivity contribution is 0.0549. The van der Waals surface area contributed by atoms with E-state index >= 15 is 0 Å². The lowest BCUT2D eigenvalue weighted by Crippen LogP contribution is -2.48. The van der Waals surface area contributed by atoms with E-state index in [1.165, 1.54) is 11.2 Å². The van der Waals surface area contributed by atoms with Crippen LogP contribution >= 0.6 is 0 Å². The van der Waals surface area contributed by atoms with Crippen LogP contribution in [0.4, 0.5) is 16.4 Å². The molecule has 6 heteroatoms. The summed E-state index contributed by atoms with van der Waals surface area (Å²) in [4.78, 5) is 21.7. The first kappa shape index (κ1) is 15.2. The molecular weight excluding hydrogens is 244 g/mol. The molecule has 0 saturated carbocycles. The number of nitrogens with two attached hydrogens (primary N) is 1. The maximum Gasteiger partial charge on any atom is 0.416 e. The van der Waals surface area contributed by atoms with Gasteiger partial charge in [0.15, 0.2) is 0 Å². The van der Waals surface area contributed by atoms with Crippen LogP contribution in [0.1, 0.15) is 41.5 Å². The van der Waals surface area contributed by atoms with Gasteiger partial charge in [-0.15, -0.1) is 0 Å². The molecule has 0 spiro atoms. The zero-order valence-corrected chi connectivity index (χ0v) is 12.4. The van der Waals surface area contributed by atoms with Crippen molar-refractivity contribution >= 4 is 17.7 Å². The predicted octanol–water partition coefficient (Wildman–Crippen LogP) is 2.60. The van der Waals surface area contributed by atoms with Crippen LogP contribution in [-0.4, -0.2) is 27.2 Å². The molecule has 1 aromatic heterocycles. The van der Waals surface area contributed by atoms with Crippen molar-refractivity contribution in [3.63, 3.8) is 0 Å². The molecule has 0 aliphatic heterocycles. The van der Waals surface area contributed by atoms with Crippen LogP contribution in [0, 0.1) is 0 Å². The molecule has 19 heavy (non-hydrogen) atoms. The van der Waals surface area contributed by atoms with Crippen molar-refractivity contribution in [1.29, 1.82) is 0 Å². The molecule has 0 bridgehead atoms. The number of amides is 1. The topological polar surface area (TPSA) is 81.3 Å². The minimum absolute atomic E-state index is 0.308. The van der Waals surface area contributed by atoms with E-state index in [9.17, 15) is 4.79 Å². The van der Waals surface area contributed by atoms with Gasteiger partial charge in [0.05, 0.1) is 0 Å². The first-order valence-electron chi connectivity index (χ1n) is 6.11. The zero-order chi connectivity index (χ0) is 14.8. The molecule has 0 fully saturated rings. The van der Waals surface area contributed by atoms with Crippen LogP contribution in [0.2, 0.25) is 0 Å². The summed E-state index contributed by atoms with van der Waals surface area (Å²) in [5.41, 5.74) is 4.58. The normalized spacial score (nSPS) is 12.1. The van der Waals surface area contributed by atoms with Crippen molar-refractivity contribution in [2.45, 2.75) is 52.7 Å². The Balaban J connectivity index is 3.13. The van der Waals surface area contributed by atoms with Crippen LogP contribution in [-0.2, 0) is 4.74 Å². The van der Waals surface area contributed by atoms with E-state index in [1.807, 2.05) is 41.5 Å². The van der Waals surface area contributed by atoms with E-state index in [1.54, 1.807) is 6.07 Å². The minimum atomic E-state index is -0.570. The van der Waals surface area contributed by atoms with Gasteiger partial charge in [-0.05, 0) is 41.5 Å². The van der Waals surface area contributed by atoms with Crippen molar-refractivity contribution in [2.75, 3.05) is 10.6 Å². The summed E-state index contributed by atoms with van der Waals surface area (Å²) in [5, 5.41) is 0. The minimum Gasteiger partial charge on any atom is -0.443 e. The van der Waals surface area contributed by atoms with E-state index in [0.717, 1.165) is 0 Å². The number of carbonyl (C=O) groups is 1. The number of rotatable bonds is 1. The average molecular weight is 266 g/mol. The Kier molecular flexibility index (Phi) is 4.03. The summed E-state index contributed by atoms with van der Waals surface area (Å²) in [6, 6.07) is 1.55. The standard InChI is InChI=1S/C13H22N4O2/c1-12(2,3)17(11(18)19-13(4,5)6)10-7-9(14)15-8-16-10/h7-8H,1-6H3,(H2,14,15,16). The number of anilines is 2. The van der Waals surface area contributed by atoms with Crippen molar-refractivity contribution < 1.29 is 9.53 Å². The zero-order valence-electron chi connectivity index (χ0n) is 12.4. The van der Waals surface area contributed by atoms with Crippen LogP contribution in [0.15, 0.2) is 12.4 Å². The molecule has 1 aromatic rings. The fourth-order valence-electron chi connectivity index (χ4n) is 1.50. The SMILES string of the molecule is CC(C)(C)OC(=O)N(c1cc(N)ncn1)C(C)(C)C. The maximum atomic E-state index is 12.3. The van der Waals surface area contributed by atoms with Gasteiger partial charge in [0.25, 0.3) is 0 Å². The van der Waals surface area contributed by atoms with Crippen LogP contribution in [0.3, 0.4) is 0 Å². The second-order valence-electron chi connectivity index (χ2n) is 6.29. The highest BCUT2D eigenvalue weighted by molar-refractivity contribution is 5.88. The fourth-order valence-corrected chi connectivity index (χ4v) is 1.50. The molecule has 1 amide bonds. The van der Waals surface area contributed by atoms with Crippen molar-refractivity contribution in [1.82, 2.24) is 9.97 Å². The molecule has 0 aliphatic rings. The first-order valence-corrected chi connectivity index (χ1v) is 6.11. The Morgan fingerprint density at radius 2 is 1.79 bits per heavy atom. The van der Waals surface area contributed by atoms with Gasteiger partial charge in [-0.2, -0.15) is 0 Å². The molecular formula is C13H22N4O2. The number of nitrogen functional groups attached to an aromatic ring is 1. The Hall–Kier alpha value is -1.85. The van der Waals surface area contributed by atoms with E-state index < -0.39 is 17.2 Å². The second kappa shape index (κ2) is 5.03. The highest BCUT2D eigenvalue weighted by atomic mass is 16.6. The number of carbonyl (C=O) groups excluding carboxylic acids is 1. The third kappa shape index (κ3) is 4.39. The number of aromatic nitrogens is 2. The van der Waals surface area contributed by atoms with Crippen molar-refractivity contribution in [2.24, 2.45) is 0 Å². The number of hydrogen-bond acceptors (Lipinski definition) is 5. The smallest absolute Gasteiger partial charge is 0.416 e. The van der Waals surface area contributed by atoms with E-state index in [4.69, 9.17) is 10.5 Å². The lowest BCUT2D eigenvalue weighted by atomic mass is 10.1. The second-order valence-corrected chi connectivity index (χ2v) is 6.29. The van der Waals surface area contributed by atoms with Gasteiger partial charge >= 0.3 is 6.09 Å². The molecule has 0 radical (unpaired) electrons. The Morgan fingerprint density at radius 1 is 1.21 bits per heavy atom. The molecule has 0 atom stereocenters. The molecule has 0 aromatic carbocycles. The third-order valence-electron chi connectivity index (χ3n) is 2.15. The molecule has 0 aliphatic carbocycles. The monoisotopic (exact) mass is 266 g/mol. The largest absolute Gasteiger partial charge is 0.443 e. The van der Waals surface area contributed by atoms with Crippen LogP contribution in [0.25, 0.3) is 0 Å². The quantitative estimate of drug-likeness (QED) is 0.845. The lowest BCUT2D eigenvalue weighted by Gasteiger charge is -2.35. The van der Waals surface area contributed by atoms with Crippen LogP contribution < -0.4 is 10.6 Å². The summed E-state index contributed by atoms with van der Waals surface area (Å²) in [5.74, 6) is 0.733. The summed E-state index contributed by atoms with van der Waals surface area (Å²) in [7, 11) is 0. The molecule has 0 unspecified atom stereocenters. The number of ether oxygens (including phenoxy) is 1. The molecule has 106 valence electrons. The molecule has 1 heterocycles. The van der Waals surface area contributed by atoms with Crippen molar-refractivity contribution in [3.05, 3.63) is 12.4 Å². The van der Waals surface area contributed by atoms with E-state index in [-0.39, 0.29) is 0 Å². The molecule has 2 N–H and O–H groups in total. The third-order valence-corrected chi connectivity index (χ3v) is 2.15. The highest BCUT2D eigenvalue weighted by Crippen LogP contribution is 2.25. The summed E-state index contributed by atoms with van der Waals surface area (Å²) in [6.45, 7) is 11.2. The van der Waals surface area contributed by atoms with Gasteiger partial charge in [0, 0.05) is 11.6 Å². The van der Waals surface area contributed by atoms with Gasteiger partial charge < -0.3 is 10.5 Å². The summed E-state index contributed by atoms with van der Waals surface area (Å²) < 4.78 is 5.41. The highest BCUT2D eigenvalue weighted by Gasteiger charge is 2.33. The summed E-state index contributed by atoms with van der Waals surface area (Å²) >= 11 is 0. The number of nitrogens with zero attached hydrogens (tertiary/aromatic N) is 3. The Labute approximate surface area is 114 Å². The average Bonchev–Trinajstić information content (AvgIpc) is 2.11.